The van der Waals surface area contributed by atoms with Gasteiger partial charge in [-0.3, -0.25) is 0 Å². The predicted octanol–water partition coefficient (Wildman–Crippen LogP) is 2.36. The molecule has 19 heavy (non-hydrogen) atoms. The van der Waals surface area contributed by atoms with Crippen LogP contribution in [-0.4, -0.2) is 32.5 Å². The first-order chi connectivity index (χ1) is 9.22. The van der Waals surface area contributed by atoms with E-state index in [1.54, 1.807) is 0 Å². The van der Waals surface area contributed by atoms with Gasteiger partial charge in [-0.25, -0.2) is 0 Å². The second kappa shape index (κ2) is 9.78. The third-order valence-corrected chi connectivity index (χ3v) is 2.54. The lowest BCUT2D eigenvalue weighted by Gasteiger charge is -2.09. The normalized spacial score (nSPS) is 10.9. The zero-order valence-electron chi connectivity index (χ0n) is 11.9. The first-order valence-electron chi connectivity index (χ1n) is 6.83. The van der Waals surface area contributed by atoms with E-state index in [9.17, 15) is 0 Å². The summed E-state index contributed by atoms with van der Waals surface area (Å²) in [6.45, 7) is 7.25. The summed E-state index contributed by atoms with van der Waals surface area (Å²) in [5.41, 5.74) is 6.64. The van der Waals surface area contributed by atoms with E-state index < -0.39 is 0 Å². The predicted molar refractivity (Wildman–Crippen MR) is 76.4 cm³/mol. The van der Waals surface area contributed by atoms with Crippen molar-refractivity contribution in [3.63, 3.8) is 0 Å². The largest absolute Gasteiger partial charge is 0.494 e. The fourth-order valence-electron chi connectivity index (χ4n) is 1.52. The monoisotopic (exact) mass is 267 g/mol. The average molecular weight is 267 g/mol. The maximum Gasteiger partial charge on any atom is 0.119 e. The maximum atomic E-state index is 5.60. The minimum atomic E-state index is 0.267. The smallest absolute Gasteiger partial charge is 0.119 e. The van der Waals surface area contributed by atoms with Crippen molar-refractivity contribution in [3.8, 4) is 5.75 Å². The molecule has 0 bridgehead atoms. The van der Waals surface area contributed by atoms with Crippen molar-refractivity contribution in [2.45, 2.75) is 32.9 Å². The van der Waals surface area contributed by atoms with Gasteiger partial charge < -0.3 is 19.9 Å². The molecule has 1 rings (SSSR count). The Morgan fingerprint density at radius 1 is 1.00 bits per heavy atom. The molecule has 0 aliphatic heterocycles. The molecule has 0 saturated carbocycles. The van der Waals surface area contributed by atoms with Crippen LogP contribution in [0.1, 0.15) is 25.8 Å². The Kier molecular flexibility index (Phi) is 8.21. The number of benzene rings is 1. The molecule has 0 aliphatic carbocycles. The van der Waals surface area contributed by atoms with Gasteiger partial charge in [-0.15, -0.1) is 0 Å². The van der Waals surface area contributed by atoms with Gasteiger partial charge in [-0.05, 0) is 31.5 Å². The molecule has 0 aliphatic rings. The van der Waals surface area contributed by atoms with E-state index in [4.69, 9.17) is 19.9 Å². The highest BCUT2D eigenvalue weighted by Gasteiger charge is 1.96. The quantitative estimate of drug-likeness (QED) is 0.661. The van der Waals surface area contributed by atoms with Gasteiger partial charge in [0.25, 0.3) is 0 Å². The minimum Gasteiger partial charge on any atom is -0.494 e. The summed E-state index contributed by atoms with van der Waals surface area (Å²) in [7, 11) is 0. The van der Waals surface area contributed by atoms with E-state index in [1.165, 1.54) is 0 Å². The Bertz CT molecular complexity index is 325. The highest BCUT2D eigenvalue weighted by atomic mass is 16.5. The Balaban J connectivity index is 1.98. The summed E-state index contributed by atoms with van der Waals surface area (Å²) >= 11 is 0. The second-order valence-corrected chi connectivity index (χ2v) is 4.58. The summed E-state index contributed by atoms with van der Waals surface area (Å²) in [6.07, 6.45) is 1.14. The SMILES string of the molecule is CC(C)OCCOCCCOc1ccc(CN)cc1. The van der Waals surface area contributed by atoms with E-state index in [0.29, 0.717) is 33.0 Å². The Hall–Kier alpha value is -1.10. The highest BCUT2D eigenvalue weighted by molar-refractivity contribution is 5.26. The minimum absolute atomic E-state index is 0.267. The van der Waals surface area contributed by atoms with E-state index in [2.05, 4.69) is 0 Å². The van der Waals surface area contributed by atoms with Crippen LogP contribution in [-0.2, 0) is 16.0 Å². The lowest BCUT2D eigenvalue weighted by atomic mass is 10.2. The fraction of sp³-hybridized carbons (Fsp3) is 0.600. The maximum absolute atomic E-state index is 5.60. The summed E-state index contributed by atoms with van der Waals surface area (Å²) in [6, 6.07) is 7.85. The lowest BCUT2D eigenvalue weighted by molar-refractivity contribution is 0.0170. The summed E-state index contributed by atoms with van der Waals surface area (Å²) in [4.78, 5) is 0. The molecule has 0 aromatic heterocycles. The molecule has 2 N–H and O–H groups in total. The number of ether oxygens (including phenoxy) is 3. The molecule has 0 atom stereocenters. The Morgan fingerprint density at radius 2 is 1.74 bits per heavy atom. The molecule has 4 heteroatoms. The average Bonchev–Trinajstić information content (AvgIpc) is 2.42. The van der Waals surface area contributed by atoms with Crippen LogP contribution in [0, 0.1) is 0 Å². The molecule has 1 aromatic carbocycles. The van der Waals surface area contributed by atoms with Crippen molar-refractivity contribution in [1.82, 2.24) is 0 Å². The van der Waals surface area contributed by atoms with E-state index in [0.717, 1.165) is 17.7 Å². The van der Waals surface area contributed by atoms with Crippen molar-refractivity contribution < 1.29 is 14.2 Å². The molecule has 0 radical (unpaired) electrons. The van der Waals surface area contributed by atoms with E-state index in [1.807, 2.05) is 38.1 Å². The molecular weight excluding hydrogens is 242 g/mol. The molecule has 0 amide bonds. The Morgan fingerprint density at radius 3 is 2.37 bits per heavy atom. The third kappa shape index (κ3) is 7.82. The zero-order chi connectivity index (χ0) is 13.9. The van der Waals surface area contributed by atoms with Crippen LogP contribution in [0.25, 0.3) is 0 Å². The topological polar surface area (TPSA) is 53.7 Å². The standard InChI is InChI=1S/C15H25NO3/c1-13(2)18-11-10-17-8-3-9-19-15-6-4-14(12-16)5-7-15/h4-7,13H,3,8-12,16H2,1-2H3. The van der Waals surface area contributed by atoms with Crippen molar-refractivity contribution in [1.29, 1.82) is 0 Å². The molecule has 0 fully saturated rings. The molecule has 0 saturated heterocycles. The molecule has 0 spiro atoms. The van der Waals surface area contributed by atoms with E-state index in [-0.39, 0.29) is 6.10 Å². The number of hydrogen-bond acceptors (Lipinski definition) is 4. The van der Waals surface area contributed by atoms with Crippen molar-refractivity contribution in [2.24, 2.45) is 5.73 Å². The van der Waals surface area contributed by atoms with Crippen LogP contribution in [0.15, 0.2) is 24.3 Å². The van der Waals surface area contributed by atoms with Gasteiger partial charge in [0, 0.05) is 19.6 Å². The lowest BCUT2D eigenvalue weighted by Crippen LogP contribution is -2.11. The molecule has 4 nitrogen and oxygen atoms in total. The van der Waals surface area contributed by atoms with Crippen LogP contribution in [0.2, 0.25) is 0 Å². The molecule has 0 unspecified atom stereocenters. The molecule has 108 valence electrons. The first kappa shape index (κ1) is 16.0. The van der Waals surface area contributed by atoms with Crippen LogP contribution in [0.4, 0.5) is 0 Å². The second-order valence-electron chi connectivity index (χ2n) is 4.58. The Labute approximate surface area is 115 Å². The van der Waals surface area contributed by atoms with Gasteiger partial charge >= 0.3 is 0 Å². The van der Waals surface area contributed by atoms with Gasteiger partial charge in [0.05, 0.1) is 25.9 Å². The molecular formula is C15H25NO3. The summed E-state index contributed by atoms with van der Waals surface area (Å²) in [5, 5.41) is 0. The van der Waals surface area contributed by atoms with E-state index >= 15 is 0 Å². The molecule has 0 heterocycles. The third-order valence-electron chi connectivity index (χ3n) is 2.54. The number of nitrogens with two attached hydrogens (primary N) is 1. The van der Waals surface area contributed by atoms with Gasteiger partial charge in [0.2, 0.25) is 0 Å². The van der Waals surface area contributed by atoms with Gasteiger partial charge in [0.15, 0.2) is 0 Å². The number of hydrogen-bond donors (Lipinski definition) is 1. The summed E-state index contributed by atoms with van der Waals surface area (Å²) in [5.74, 6) is 0.875. The van der Waals surface area contributed by atoms with Crippen molar-refractivity contribution in [3.05, 3.63) is 29.8 Å². The van der Waals surface area contributed by atoms with Crippen LogP contribution in [0.3, 0.4) is 0 Å². The highest BCUT2D eigenvalue weighted by Crippen LogP contribution is 2.11. The van der Waals surface area contributed by atoms with Gasteiger partial charge in [0.1, 0.15) is 5.75 Å². The number of rotatable bonds is 10. The van der Waals surface area contributed by atoms with Gasteiger partial charge in [-0.1, -0.05) is 12.1 Å². The van der Waals surface area contributed by atoms with Gasteiger partial charge in [-0.2, -0.15) is 0 Å². The zero-order valence-corrected chi connectivity index (χ0v) is 11.9. The van der Waals surface area contributed by atoms with Crippen LogP contribution in [0.5, 0.6) is 5.75 Å². The van der Waals surface area contributed by atoms with Crippen LogP contribution < -0.4 is 10.5 Å². The molecule has 1 aromatic rings. The van der Waals surface area contributed by atoms with Crippen molar-refractivity contribution >= 4 is 0 Å². The van der Waals surface area contributed by atoms with Crippen molar-refractivity contribution in [2.75, 3.05) is 26.4 Å². The first-order valence-corrected chi connectivity index (χ1v) is 6.83. The fourth-order valence-corrected chi connectivity index (χ4v) is 1.52. The van der Waals surface area contributed by atoms with Crippen LogP contribution >= 0.6 is 0 Å². The summed E-state index contributed by atoms with van der Waals surface area (Å²) < 4.78 is 16.4.